The summed E-state index contributed by atoms with van der Waals surface area (Å²) in [5.41, 5.74) is 3.38. The topological polar surface area (TPSA) is 12.0 Å². The van der Waals surface area contributed by atoms with Crippen LogP contribution in [-0.2, 0) is 0 Å². The van der Waals surface area contributed by atoms with E-state index in [1.165, 1.54) is 18.4 Å². The molecular formula is C13H14NS+. The third-order valence-corrected chi connectivity index (χ3v) is 2.81. The van der Waals surface area contributed by atoms with E-state index in [-0.39, 0.29) is 0 Å². The number of benzene rings is 1. The van der Waals surface area contributed by atoms with Gasteiger partial charge in [-0.3, -0.25) is 5.32 Å². The number of anilines is 1. The summed E-state index contributed by atoms with van der Waals surface area (Å²) in [5.74, 6) is 0. The van der Waals surface area contributed by atoms with Crippen molar-refractivity contribution < 1.29 is 0 Å². The van der Waals surface area contributed by atoms with Gasteiger partial charge in [0.05, 0.1) is 6.42 Å². The smallest absolute Gasteiger partial charge is 0.229 e. The van der Waals surface area contributed by atoms with E-state index in [9.17, 15) is 0 Å². The average Bonchev–Trinajstić information content (AvgIpc) is 2.56. The van der Waals surface area contributed by atoms with Crippen molar-refractivity contribution in [3.63, 3.8) is 0 Å². The van der Waals surface area contributed by atoms with Crippen molar-refractivity contribution in [2.45, 2.75) is 26.2 Å². The lowest BCUT2D eigenvalue weighted by Gasteiger charge is -1.88. The molecule has 1 N–H and O–H groups in total. The Morgan fingerprint density at radius 3 is 2.93 bits per heavy atom. The van der Waals surface area contributed by atoms with Crippen molar-refractivity contribution in [1.82, 2.24) is 0 Å². The predicted octanol–water partition coefficient (Wildman–Crippen LogP) is 3.82. The lowest BCUT2D eigenvalue weighted by atomic mass is 10.1. The van der Waals surface area contributed by atoms with Crippen LogP contribution < -0.4 is 5.32 Å². The lowest BCUT2D eigenvalue weighted by molar-refractivity contribution is 0.806. The maximum Gasteiger partial charge on any atom is 0.229 e. The summed E-state index contributed by atoms with van der Waals surface area (Å²) in [5, 5.41) is 3.21. The van der Waals surface area contributed by atoms with E-state index in [2.05, 4.69) is 30.4 Å². The highest BCUT2D eigenvalue weighted by Crippen LogP contribution is 2.32. The van der Waals surface area contributed by atoms with Crippen molar-refractivity contribution in [1.29, 1.82) is 0 Å². The zero-order chi connectivity index (χ0) is 10.7. The largest absolute Gasteiger partial charge is 0.279 e. The van der Waals surface area contributed by atoms with E-state index in [0.717, 1.165) is 22.7 Å². The summed E-state index contributed by atoms with van der Waals surface area (Å²) >= 11 is 5.28. The van der Waals surface area contributed by atoms with E-state index in [1.807, 2.05) is 12.1 Å². The second-order valence-corrected chi connectivity index (χ2v) is 4.06. The quantitative estimate of drug-likeness (QED) is 0.357. The molecule has 0 atom stereocenters. The molecule has 0 fully saturated rings. The van der Waals surface area contributed by atoms with Gasteiger partial charge in [0.1, 0.15) is 11.3 Å². The van der Waals surface area contributed by atoms with Crippen molar-refractivity contribution in [2.24, 2.45) is 0 Å². The fourth-order valence-electron chi connectivity index (χ4n) is 1.68. The van der Waals surface area contributed by atoms with Gasteiger partial charge < -0.3 is 0 Å². The van der Waals surface area contributed by atoms with Crippen LogP contribution in [0.1, 0.15) is 31.7 Å². The van der Waals surface area contributed by atoms with Crippen LogP contribution in [0.5, 0.6) is 0 Å². The van der Waals surface area contributed by atoms with E-state index in [4.69, 9.17) is 12.2 Å². The number of unbranched alkanes of at least 4 members (excludes halogenated alkanes) is 2. The van der Waals surface area contributed by atoms with Crippen LogP contribution in [0, 0.1) is 6.08 Å². The molecule has 1 aromatic rings. The molecular weight excluding hydrogens is 202 g/mol. The first-order valence-corrected chi connectivity index (χ1v) is 5.75. The van der Waals surface area contributed by atoms with Gasteiger partial charge in [0.25, 0.3) is 0 Å². The van der Waals surface area contributed by atoms with E-state index < -0.39 is 0 Å². The van der Waals surface area contributed by atoms with E-state index in [0.29, 0.717) is 0 Å². The maximum absolute atomic E-state index is 5.28. The van der Waals surface area contributed by atoms with Crippen molar-refractivity contribution in [3.8, 4) is 0 Å². The highest BCUT2D eigenvalue weighted by atomic mass is 32.1. The molecule has 0 spiro atoms. The van der Waals surface area contributed by atoms with Crippen LogP contribution in [0.25, 0.3) is 5.57 Å². The summed E-state index contributed by atoms with van der Waals surface area (Å²) in [7, 11) is 0. The highest BCUT2D eigenvalue weighted by molar-refractivity contribution is 7.81. The van der Waals surface area contributed by atoms with Crippen LogP contribution in [0.15, 0.2) is 24.3 Å². The first-order chi connectivity index (χ1) is 7.33. The Bertz CT molecular complexity index is 407. The molecule has 0 radical (unpaired) electrons. The monoisotopic (exact) mass is 216 g/mol. The summed E-state index contributed by atoms with van der Waals surface area (Å²) in [4.78, 5) is 0.812. The second kappa shape index (κ2) is 4.52. The van der Waals surface area contributed by atoms with E-state index >= 15 is 0 Å². The average molecular weight is 216 g/mol. The van der Waals surface area contributed by atoms with Crippen molar-refractivity contribution in [3.05, 3.63) is 35.9 Å². The molecule has 2 heteroatoms. The Labute approximate surface area is 96.2 Å². The number of nitrogens with one attached hydrogen (secondary N) is 1. The van der Waals surface area contributed by atoms with Gasteiger partial charge >= 0.3 is 0 Å². The SMILES string of the molecule is CCCC[C+]=C1C(=S)Nc2ccccc21. The summed E-state index contributed by atoms with van der Waals surface area (Å²) in [6.07, 6.45) is 6.76. The molecule has 15 heavy (non-hydrogen) atoms. The molecule has 0 aromatic heterocycles. The number of hydrogen-bond donors (Lipinski definition) is 1. The van der Waals surface area contributed by atoms with Gasteiger partial charge in [-0.25, -0.2) is 0 Å². The molecule has 0 bridgehead atoms. The van der Waals surface area contributed by atoms with Gasteiger partial charge in [-0.2, -0.15) is 0 Å². The zero-order valence-corrected chi connectivity index (χ0v) is 9.66. The molecule has 0 unspecified atom stereocenters. The van der Waals surface area contributed by atoms with Gasteiger partial charge in [-0.15, -0.1) is 0 Å². The Balaban J connectivity index is 2.26. The van der Waals surface area contributed by atoms with Crippen LogP contribution in [-0.4, -0.2) is 4.99 Å². The second-order valence-electron chi connectivity index (χ2n) is 3.66. The molecule has 1 aromatic carbocycles. The third-order valence-electron chi connectivity index (χ3n) is 2.50. The molecule has 2 rings (SSSR count). The third kappa shape index (κ3) is 2.06. The number of rotatable bonds is 3. The van der Waals surface area contributed by atoms with Gasteiger partial charge in [-0.1, -0.05) is 19.4 Å². The predicted molar refractivity (Wildman–Crippen MR) is 68.8 cm³/mol. The van der Waals surface area contributed by atoms with Gasteiger partial charge in [0.15, 0.2) is 0 Å². The van der Waals surface area contributed by atoms with Crippen LogP contribution >= 0.6 is 12.2 Å². The first kappa shape index (κ1) is 10.3. The molecule has 0 saturated heterocycles. The summed E-state index contributed by atoms with van der Waals surface area (Å²) < 4.78 is 0. The minimum Gasteiger partial charge on any atom is -0.279 e. The van der Waals surface area contributed by atoms with Gasteiger partial charge in [-0.05, 0) is 18.6 Å². The van der Waals surface area contributed by atoms with Gasteiger partial charge in [0, 0.05) is 24.4 Å². The standard InChI is InChI=1S/C13H13NS/c1-2-3-4-8-11-10-7-5-6-9-12(10)14-13(11)15/h5-7,9H,2-4H2,1H3/p+1. The Kier molecular flexibility index (Phi) is 3.10. The Morgan fingerprint density at radius 2 is 2.13 bits per heavy atom. The fraction of sp³-hybridized carbons (Fsp3) is 0.308. The zero-order valence-electron chi connectivity index (χ0n) is 8.84. The van der Waals surface area contributed by atoms with Crippen LogP contribution in [0.4, 0.5) is 5.69 Å². The number of fused-ring (bicyclic) bond motifs is 1. The Morgan fingerprint density at radius 1 is 1.33 bits per heavy atom. The number of thiocarbonyl (C=S) groups is 1. The molecule has 1 nitrogen and oxygen atoms in total. The number of para-hydroxylation sites is 1. The van der Waals surface area contributed by atoms with Crippen LogP contribution in [0.3, 0.4) is 0 Å². The lowest BCUT2D eigenvalue weighted by Crippen LogP contribution is -2.00. The maximum atomic E-state index is 5.28. The Hall–Kier alpha value is -1.24. The minimum absolute atomic E-state index is 0.812. The fourth-order valence-corrected chi connectivity index (χ4v) is 1.97. The van der Waals surface area contributed by atoms with Gasteiger partial charge in [0.2, 0.25) is 10.6 Å². The molecule has 0 amide bonds. The molecule has 1 aliphatic rings. The minimum atomic E-state index is 0.812. The summed E-state index contributed by atoms with van der Waals surface area (Å²) in [6, 6.07) is 8.20. The highest BCUT2D eigenvalue weighted by Gasteiger charge is 2.30. The van der Waals surface area contributed by atoms with Crippen molar-refractivity contribution >= 4 is 28.5 Å². The molecule has 1 heterocycles. The van der Waals surface area contributed by atoms with Crippen molar-refractivity contribution in [2.75, 3.05) is 5.32 Å². The normalized spacial score (nSPS) is 16.1. The first-order valence-electron chi connectivity index (χ1n) is 5.34. The summed E-state index contributed by atoms with van der Waals surface area (Å²) in [6.45, 7) is 2.19. The number of hydrogen-bond acceptors (Lipinski definition) is 1. The molecule has 0 saturated carbocycles. The number of allylic oxidation sites excluding steroid dienone is 1. The molecule has 1 aliphatic heterocycles. The van der Waals surface area contributed by atoms with E-state index in [1.54, 1.807) is 0 Å². The van der Waals surface area contributed by atoms with Crippen LogP contribution in [0.2, 0.25) is 0 Å². The molecule has 0 aliphatic carbocycles. The molecule has 76 valence electrons.